The lowest BCUT2D eigenvalue weighted by atomic mass is 9.99. The molecule has 1 rings (SSSR count). The minimum atomic E-state index is -0.743. The molecule has 6 heteroatoms. The number of carbonyl (C=O) groups is 2. The summed E-state index contributed by atoms with van der Waals surface area (Å²) in [5.41, 5.74) is 0. The van der Waals surface area contributed by atoms with Crippen molar-refractivity contribution in [3.05, 3.63) is 0 Å². The van der Waals surface area contributed by atoms with Crippen LogP contribution < -0.4 is 0 Å². The van der Waals surface area contributed by atoms with Crippen molar-refractivity contribution in [2.45, 2.75) is 32.2 Å². The fraction of sp³-hybridized carbons (Fsp3) is 0.818. The zero-order valence-corrected chi connectivity index (χ0v) is 10.5. The molecule has 0 aromatic rings. The van der Waals surface area contributed by atoms with Crippen LogP contribution in [0.4, 0.5) is 0 Å². The van der Waals surface area contributed by atoms with E-state index in [2.05, 4.69) is 9.47 Å². The molecule has 0 unspecified atom stereocenters. The Bertz CT molecular complexity index is 298. The Labute approximate surface area is 100 Å². The SMILES string of the molecule is COC(=O)C[C@H](C(=O)OC)[C@@H]1COC(C)(C)O1. The molecule has 0 radical (unpaired) electrons. The van der Waals surface area contributed by atoms with Crippen LogP contribution in [0.5, 0.6) is 0 Å². The molecule has 1 aliphatic rings. The van der Waals surface area contributed by atoms with E-state index in [4.69, 9.17) is 9.47 Å². The molecule has 6 nitrogen and oxygen atoms in total. The molecule has 0 amide bonds. The van der Waals surface area contributed by atoms with E-state index >= 15 is 0 Å². The Morgan fingerprint density at radius 1 is 1.35 bits per heavy atom. The Morgan fingerprint density at radius 3 is 2.41 bits per heavy atom. The summed E-state index contributed by atoms with van der Waals surface area (Å²) >= 11 is 0. The Hall–Kier alpha value is -1.14. The van der Waals surface area contributed by atoms with Gasteiger partial charge in [0.15, 0.2) is 5.79 Å². The third-order valence-electron chi connectivity index (χ3n) is 2.60. The van der Waals surface area contributed by atoms with E-state index in [1.165, 1.54) is 14.2 Å². The standard InChI is InChI=1S/C11H18O6/c1-11(2)16-6-8(17-11)7(10(13)15-4)5-9(12)14-3/h7-8H,5-6H2,1-4H3/t7-,8-/m0/s1. The van der Waals surface area contributed by atoms with Crippen LogP contribution in [0.1, 0.15) is 20.3 Å². The number of ether oxygens (including phenoxy) is 4. The van der Waals surface area contributed by atoms with E-state index in [9.17, 15) is 9.59 Å². The van der Waals surface area contributed by atoms with Crippen molar-refractivity contribution in [3.63, 3.8) is 0 Å². The fourth-order valence-corrected chi connectivity index (χ4v) is 1.69. The van der Waals surface area contributed by atoms with Gasteiger partial charge in [-0.15, -0.1) is 0 Å². The van der Waals surface area contributed by atoms with Crippen molar-refractivity contribution in [1.29, 1.82) is 0 Å². The van der Waals surface area contributed by atoms with E-state index in [-0.39, 0.29) is 13.0 Å². The molecule has 2 atom stereocenters. The first-order valence-corrected chi connectivity index (χ1v) is 5.36. The maximum absolute atomic E-state index is 11.6. The second-order valence-corrected chi connectivity index (χ2v) is 4.28. The topological polar surface area (TPSA) is 71.1 Å². The number of esters is 2. The summed E-state index contributed by atoms with van der Waals surface area (Å²) in [5.74, 6) is -2.42. The van der Waals surface area contributed by atoms with Crippen LogP contribution >= 0.6 is 0 Å². The van der Waals surface area contributed by atoms with Gasteiger partial charge >= 0.3 is 11.9 Å². The minimum absolute atomic E-state index is 0.0761. The molecule has 0 aromatic heterocycles. The molecule has 1 aliphatic heterocycles. The van der Waals surface area contributed by atoms with Gasteiger partial charge in [0.2, 0.25) is 0 Å². The Kier molecular flexibility index (Phi) is 4.47. The summed E-state index contributed by atoms with van der Waals surface area (Å²) in [4.78, 5) is 22.8. The summed E-state index contributed by atoms with van der Waals surface area (Å²) in [7, 11) is 2.54. The summed E-state index contributed by atoms with van der Waals surface area (Å²) in [5, 5.41) is 0. The maximum atomic E-state index is 11.6. The number of hydrogen-bond acceptors (Lipinski definition) is 6. The van der Waals surface area contributed by atoms with Gasteiger partial charge in [-0.3, -0.25) is 9.59 Å². The first kappa shape index (κ1) is 13.9. The van der Waals surface area contributed by atoms with Gasteiger partial charge in [0.25, 0.3) is 0 Å². The van der Waals surface area contributed by atoms with Gasteiger partial charge in [0, 0.05) is 0 Å². The van der Waals surface area contributed by atoms with Crippen LogP contribution in [0, 0.1) is 5.92 Å². The molecule has 0 aromatic carbocycles. The van der Waals surface area contributed by atoms with Crippen LogP contribution in [0.25, 0.3) is 0 Å². The first-order valence-electron chi connectivity index (χ1n) is 5.36. The van der Waals surface area contributed by atoms with Crippen LogP contribution in [0.2, 0.25) is 0 Å². The van der Waals surface area contributed by atoms with Gasteiger partial charge in [-0.05, 0) is 13.8 Å². The predicted molar refractivity (Wildman–Crippen MR) is 57.0 cm³/mol. The number of rotatable bonds is 4. The molecular formula is C11H18O6. The van der Waals surface area contributed by atoms with Crippen molar-refractivity contribution < 1.29 is 28.5 Å². The molecule has 1 fully saturated rings. The molecule has 1 saturated heterocycles. The summed E-state index contributed by atoms with van der Waals surface area (Å²) in [6, 6.07) is 0. The molecule has 1 heterocycles. The molecule has 0 N–H and O–H groups in total. The average molecular weight is 246 g/mol. The van der Waals surface area contributed by atoms with Crippen molar-refractivity contribution in [1.82, 2.24) is 0 Å². The number of methoxy groups -OCH3 is 2. The molecule has 0 spiro atoms. The third kappa shape index (κ3) is 3.67. The lowest BCUT2D eigenvalue weighted by Crippen LogP contribution is -2.34. The van der Waals surface area contributed by atoms with Gasteiger partial charge < -0.3 is 18.9 Å². The summed E-state index contributed by atoms with van der Waals surface area (Å²) < 4.78 is 20.1. The smallest absolute Gasteiger partial charge is 0.311 e. The first-order chi connectivity index (χ1) is 7.89. The zero-order chi connectivity index (χ0) is 13.1. The minimum Gasteiger partial charge on any atom is -0.469 e. The van der Waals surface area contributed by atoms with Gasteiger partial charge in [-0.25, -0.2) is 0 Å². The van der Waals surface area contributed by atoms with Crippen LogP contribution in [-0.4, -0.2) is 44.7 Å². The van der Waals surface area contributed by atoms with Crippen molar-refractivity contribution in [2.75, 3.05) is 20.8 Å². The Balaban J connectivity index is 2.70. The van der Waals surface area contributed by atoms with Crippen molar-refractivity contribution in [2.24, 2.45) is 5.92 Å². The average Bonchev–Trinajstić information content (AvgIpc) is 2.64. The fourth-order valence-electron chi connectivity index (χ4n) is 1.69. The lowest BCUT2D eigenvalue weighted by Gasteiger charge is -2.21. The van der Waals surface area contributed by atoms with Crippen LogP contribution in [0.15, 0.2) is 0 Å². The molecular weight excluding hydrogens is 228 g/mol. The second kappa shape index (κ2) is 5.46. The maximum Gasteiger partial charge on any atom is 0.311 e. The van der Waals surface area contributed by atoms with Crippen molar-refractivity contribution >= 4 is 11.9 Å². The molecule has 17 heavy (non-hydrogen) atoms. The Morgan fingerprint density at radius 2 is 2.00 bits per heavy atom. The van der Waals surface area contributed by atoms with Gasteiger partial charge in [0.05, 0.1) is 39.3 Å². The molecule has 0 saturated carbocycles. The highest BCUT2D eigenvalue weighted by Crippen LogP contribution is 2.29. The largest absolute Gasteiger partial charge is 0.469 e. The number of hydrogen-bond donors (Lipinski definition) is 0. The van der Waals surface area contributed by atoms with E-state index in [1.54, 1.807) is 13.8 Å². The third-order valence-corrected chi connectivity index (χ3v) is 2.60. The van der Waals surface area contributed by atoms with Gasteiger partial charge in [0.1, 0.15) is 0 Å². The lowest BCUT2D eigenvalue weighted by molar-refractivity contribution is -0.166. The van der Waals surface area contributed by atoms with Crippen LogP contribution in [0.3, 0.4) is 0 Å². The highest BCUT2D eigenvalue weighted by atomic mass is 16.7. The van der Waals surface area contributed by atoms with Crippen molar-refractivity contribution in [3.8, 4) is 0 Å². The highest BCUT2D eigenvalue weighted by Gasteiger charge is 2.42. The second-order valence-electron chi connectivity index (χ2n) is 4.28. The number of carbonyl (C=O) groups excluding carboxylic acids is 2. The van der Waals surface area contributed by atoms with Crippen LogP contribution in [-0.2, 0) is 28.5 Å². The molecule has 0 bridgehead atoms. The van der Waals surface area contributed by atoms with Gasteiger partial charge in [-0.1, -0.05) is 0 Å². The van der Waals surface area contributed by atoms with E-state index in [1.807, 2.05) is 0 Å². The monoisotopic (exact) mass is 246 g/mol. The van der Waals surface area contributed by atoms with Gasteiger partial charge in [-0.2, -0.15) is 0 Å². The molecule has 98 valence electrons. The van der Waals surface area contributed by atoms with E-state index < -0.39 is 29.7 Å². The normalized spacial score (nSPS) is 24.1. The zero-order valence-electron chi connectivity index (χ0n) is 10.5. The summed E-state index contributed by atoms with van der Waals surface area (Å²) in [6.07, 6.45) is -0.565. The van der Waals surface area contributed by atoms with E-state index in [0.717, 1.165) is 0 Å². The quantitative estimate of drug-likeness (QED) is 0.672. The summed E-state index contributed by atoms with van der Waals surface area (Å²) in [6.45, 7) is 3.75. The molecule has 0 aliphatic carbocycles. The van der Waals surface area contributed by atoms with E-state index in [0.29, 0.717) is 0 Å². The predicted octanol–water partition coefficient (Wildman–Crippen LogP) is 0.490. The highest BCUT2D eigenvalue weighted by molar-refractivity contribution is 5.80.